The number of piperidine rings is 1. The van der Waals surface area contributed by atoms with Gasteiger partial charge >= 0.3 is 0 Å². The normalized spacial score (nSPS) is 15.0. The van der Waals surface area contributed by atoms with Crippen molar-refractivity contribution < 1.29 is 18.7 Å². The van der Waals surface area contributed by atoms with Crippen LogP contribution in [0.2, 0.25) is 0 Å². The molecule has 1 saturated heterocycles. The predicted molar refractivity (Wildman–Crippen MR) is 116 cm³/mol. The fourth-order valence-corrected chi connectivity index (χ4v) is 3.99. The first-order valence-electron chi connectivity index (χ1n) is 10.5. The molecule has 0 radical (unpaired) electrons. The fraction of sp³-hybridized carbons (Fsp3) is 0.458. The number of rotatable bonds is 9. The zero-order valence-electron chi connectivity index (χ0n) is 17.8. The van der Waals surface area contributed by atoms with E-state index < -0.39 is 0 Å². The smallest absolute Gasteiger partial charge is 0.234 e. The van der Waals surface area contributed by atoms with Crippen molar-refractivity contribution in [2.45, 2.75) is 25.7 Å². The van der Waals surface area contributed by atoms with Gasteiger partial charge in [0.1, 0.15) is 5.82 Å². The minimum absolute atomic E-state index is 0.0547. The Labute approximate surface area is 178 Å². The number of likely N-dealkylation sites (tertiary alicyclic amines) is 1. The summed E-state index contributed by atoms with van der Waals surface area (Å²) < 4.78 is 23.9. The molecular formula is C24H31FN2O3. The van der Waals surface area contributed by atoms with Crippen LogP contribution in [0.1, 0.15) is 24.0 Å². The highest BCUT2D eigenvalue weighted by Crippen LogP contribution is 2.27. The van der Waals surface area contributed by atoms with Crippen LogP contribution in [0, 0.1) is 11.7 Å². The lowest BCUT2D eigenvalue weighted by Gasteiger charge is -2.31. The van der Waals surface area contributed by atoms with E-state index >= 15 is 0 Å². The maximum atomic E-state index is 13.3. The molecule has 2 aromatic rings. The number of halogens is 1. The molecule has 0 unspecified atom stereocenters. The second kappa shape index (κ2) is 11.0. The molecule has 162 valence electrons. The van der Waals surface area contributed by atoms with E-state index in [1.807, 2.05) is 24.3 Å². The van der Waals surface area contributed by atoms with Crippen molar-refractivity contribution in [2.24, 2.45) is 5.92 Å². The lowest BCUT2D eigenvalue weighted by molar-refractivity contribution is -0.122. The summed E-state index contributed by atoms with van der Waals surface area (Å²) in [6.45, 7) is 2.83. The molecular weight excluding hydrogens is 383 g/mol. The zero-order chi connectivity index (χ0) is 21.3. The monoisotopic (exact) mass is 414 g/mol. The highest BCUT2D eigenvalue weighted by atomic mass is 19.1. The van der Waals surface area contributed by atoms with E-state index in [1.54, 1.807) is 26.4 Å². The van der Waals surface area contributed by atoms with Crippen molar-refractivity contribution in [3.8, 4) is 11.5 Å². The van der Waals surface area contributed by atoms with Crippen LogP contribution in [0.4, 0.5) is 4.39 Å². The average Bonchev–Trinajstić information content (AvgIpc) is 2.75. The third-order valence-corrected chi connectivity index (χ3v) is 5.67. The molecule has 6 heteroatoms. The molecule has 0 atom stereocenters. The Morgan fingerprint density at radius 1 is 1.07 bits per heavy atom. The first kappa shape index (κ1) is 22.1. The Morgan fingerprint density at radius 2 is 1.83 bits per heavy atom. The lowest BCUT2D eigenvalue weighted by atomic mass is 9.90. The quantitative estimate of drug-likeness (QED) is 0.683. The number of nitrogens with zero attached hydrogens (tertiary/aromatic N) is 1. The third kappa shape index (κ3) is 6.46. The van der Waals surface area contributed by atoms with Crippen LogP contribution < -0.4 is 14.8 Å². The summed E-state index contributed by atoms with van der Waals surface area (Å²) in [6.07, 6.45) is 3.72. The van der Waals surface area contributed by atoms with Gasteiger partial charge in [-0.05, 0) is 80.1 Å². The van der Waals surface area contributed by atoms with Gasteiger partial charge in [0.25, 0.3) is 0 Å². The summed E-state index contributed by atoms with van der Waals surface area (Å²) in [6, 6.07) is 12.7. The molecule has 1 heterocycles. The SMILES string of the molecule is COc1ccc(CCNC(=O)CN2CCC(Cc3cccc(F)c3)CC2)cc1OC. The number of nitrogens with one attached hydrogen (secondary N) is 1. The Morgan fingerprint density at radius 3 is 2.53 bits per heavy atom. The van der Waals surface area contributed by atoms with Crippen LogP contribution in [-0.4, -0.2) is 51.2 Å². The Hall–Kier alpha value is -2.60. The van der Waals surface area contributed by atoms with Gasteiger partial charge in [-0.25, -0.2) is 4.39 Å². The largest absolute Gasteiger partial charge is 0.493 e. The zero-order valence-corrected chi connectivity index (χ0v) is 17.8. The summed E-state index contributed by atoms with van der Waals surface area (Å²) in [5, 5.41) is 3.01. The van der Waals surface area contributed by atoms with Crippen LogP contribution in [0.5, 0.6) is 11.5 Å². The summed E-state index contributed by atoms with van der Waals surface area (Å²) in [5.74, 6) is 1.83. The molecule has 0 aromatic heterocycles. The Bertz CT molecular complexity index is 835. The average molecular weight is 415 g/mol. The van der Waals surface area contributed by atoms with Gasteiger partial charge in [0, 0.05) is 6.54 Å². The van der Waals surface area contributed by atoms with Crippen molar-refractivity contribution >= 4 is 5.91 Å². The van der Waals surface area contributed by atoms with E-state index in [-0.39, 0.29) is 11.7 Å². The van der Waals surface area contributed by atoms with Crippen LogP contribution in [0.15, 0.2) is 42.5 Å². The van der Waals surface area contributed by atoms with E-state index in [4.69, 9.17) is 9.47 Å². The molecule has 0 spiro atoms. The van der Waals surface area contributed by atoms with Gasteiger partial charge < -0.3 is 14.8 Å². The van der Waals surface area contributed by atoms with Gasteiger partial charge in [-0.3, -0.25) is 9.69 Å². The van der Waals surface area contributed by atoms with Crippen molar-refractivity contribution in [1.29, 1.82) is 0 Å². The van der Waals surface area contributed by atoms with Crippen molar-refractivity contribution in [3.05, 3.63) is 59.4 Å². The number of benzene rings is 2. The van der Waals surface area contributed by atoms with Gasteiger partial charge in [-0.2, -0.15) is 0 Å². The van der Waals surface area contributed by atoms with Gasteiger partial charge in [0.05, 0.1) is 20.8 Å². The van der Waals surface area contributed by atoms with Crippen molar-refractivity contribution in [2.75, 3.05) is 40.4 Å². The molecule has 0 aliphatic carbocycles. The minimum atomic E-state index is -0.172. The second-order valence-corrected chi connectivity index (χ2v) is 7.84. The van der Waals surface area contributed by atoms with E-state index in [9.17, 15) is 9.18 Å². The number of hydrogen-bond donors (Lipinski definition) is 1. The molecule has 1 fully saturated rings. The standard InChI is InChI=1S/C24H31FN2O3/c1-29-22-7-6-18(16-23(22)30-2)8-11-26-24(28)17-27-12-9-19(10-13-27)14-20-4-3-5-21(25)15-20/h3-7,15-16,19H,8-14,17H2,1-2H3,(H,26,28). The van der Waals surface area contributed by atoms with Crippen molar-refractivity contribution in [1.82, 2.24) is 10.2 Å². The summed E-state index contributed by atoms with van der Waals surface area (Å²) in [5.41, 5.74) is 2.15. The first-order valence-corrected chi connectivity index (χ1v) is 10.5. The van der Waals surface area contributed by atoms with Crippen LogP contribution in [0.25, 0.3) is 0 Å². The maximum Gasteiger partial charge on any atom is 0.234 e. The summed E-state index contributed by atoms with van der Waals surface area (Å²) in [7, 11) is 3.23. The number of hydrogen-bond acceptors (Lipinski definition) is 4. The highest BCUT2D eigenvalue weighted by molar-refractivity contribution is 5.78. The number of methoxy groups -OCH3 is 2. The molecule has 0 bridgehead atoms. The van der Waals surface area contributed by atoms with Gasteiger partial charge in [0.2, 0.25) is 5.91 Å². The van der Waals surface area contributed by atoms with Crippen molar-refractivity contribution in [3.63, 3.8) is 0 Å². The fourth-order valence-electron chi connectivity index (χ4n) is 3.99. The minimum Gasteiger partial charge on any atom is -0.493 e. The van der Waals surface area contributed by atoms with Gasteiger partial charge in [-0.15, -0.1) is 0 Å². The molecule has 2 aromatic carbocycles. The Balaban J connectivity index is 1.36. The second-order valence-electron chi connectivity index (χ2n) is 7.84. The molecule has 0 saturated carbocycles. The summed E-state index contributed by atoms with van der Waals surface area (Å²) >= 11 is 0. The number of amides is 1. The molecule has 1 aliphatic heterocycles. The third-order valence-electron chi connectivity index (χ3n) is 5.67. The lowest BCUT2D eigenvalue weighted by Crippen LogP contribution is -2.42. The van der Waals surface area contributed by atoms with Gasteiger partial charge in [-0.1, -0.05) is 18.2 Å². The molecule has 1 amide bonds. The van der Waals surface area contributed by atoms with Gasteiger partial charge in [0.15, 0.2) is 11.5 Å². The number of carbonyl (C=O) groups is 1. The number of ether oxygens (including phenoxy) is 2. The molecule has 30 heavy (non-hydrogen) atoms. The maximum absolute atomic E-state index is 13.3. The predicted octanol–water partition coefficient (Wildman–Crippen LogP) is 3.46. The molecule has 3 rings (SSSR count). The molecule has 1 N–H and O–H groups in total. The molecule has 1 aliphatic rings. The Kier molecular flexibility index (Phi) is 8.08. The summed E-state index contributed by atoms with van der Waals surface area (Å²) in [4.78, 5) is 14.5. The van der Waals surface area contributed by atoms with E-state index in [1.165, 1.54) is 6.07 Å². The first-order chi connectivity index (χ1) is 14.6. The number of carbonyl (C=O) groups excluding carboxylic acids is 1. The van der Waals surface area contributed by atoms with E-state index in [0.29, 0.717) is 30.5 Å². The van der Waals surface area contributed by atoms with E-state index in [0.717, 1.165) is 49.9 Å². The van der Waals surface area contributed by atoms with Crippen LogP contribution in [0.3, 0.4) is 0 Å². The molecule has 5 nitrogen and oxygen atoms in total. The van der Waals surface area contributed by atoms with E-state index in [2.05, 4.69) is 10.2 Å². The highest BCUT2D eigenvalue weighted by Gasteiger charge is 2.21. The van der Waals surface area contributed by atoms with Crippen LogP contribution >= 0.6 is 0 Å². The topological polar surface area (TPSA) is 50.8 Å². The van der Waals surface area contributed by atoms with Crippen LogP contribution in [-0.2, 0) is 17.6 Å².